The number of nitrogens with one attached hydrogen (secondary N) is 1. The summed E-state index contributed by atoms with van der Waals surface area (Å²) in [6, 6.07) is 10.3. The molecule has 0 bridgehead atoms. The van der Waals surface area contributed by atoms with Gasteiger partial charge in [0.1, 0.15) is 5.76 Å². The monoisotopic (exact) mass is 279 g/mol. The van der Waals surface area contributed by atoms with Crippen LogP contribution in [0.3, 0.4) is 0 Å². The van der Waals surface area contributed by atoms with Crippen LogP contribution in [-0.4, -0.2) is 0 Å². The minimum atomic E-state index is 0.144. The number of para-hydroxylation sites is 1. The Balaban J connectivity index is 2.17. The molecule has 1 N–H and O–H groups in total. The van der Waals surface area contributed by atoms with Crippen molar-refractivity contribution < 1.29 is 4.42 Å². The zero-order valence-electron chi connectivity index (χ0n) is 9.33. The molecule has 1 unspecified atom stereocenters. The first-order valence-electron chi connectivity index (χ1n) is 5.23. The number of hydrogen-bond acceptors (Lipinski definition) is 2. The average molecular weight is 280 g/mol. The van der Waals surface area contributed by atoms with Crippen LogP contribution in [0, 0.1) is 6.92 Å². The molecule has 0 saturated carbocycles. The highest BCUT2D eigenvalue weighted by molar-refractivity contribution is 9.10. The van der Waals surface area contributed by atoms with E-state index in [4.69, 9.17) is 4.42 Å². The Kier molecular flexibility index (Phi) is 3.34. The molecule has 16 heavy (non-hydrogen) atoms. The van der Waals surface area contributed by atoms with E-state index >= 15 is 0 Å². The molecule has 3 heteroatoms. The third kappa shape index (κ3) is 2.30. The van der Waals surface area contributed by atoms with Gasteiger partial charge in [0.2, 0.25) is 0 Å². The summed E-state index contributed by atoms with van der Waals surface area (Å²) in [5.74, 6) is 0.920. The van der Waals surface area contributed by atoms with E-state index in [0.29, 0.717) is 0 Å². The fourth-order valence-electron chi connectivity index (χ4n) is 1.65. The number of benzene rings is 1. The van der Waals surface area contributed by atoms with Gasteiger partial charge in [0, 0.05) is 5.69 Å². The van der Waals surface area contributed by atoms with Crippen LogP contribution in [0.5, 0.6) is 0 Å². The molecular formula is C13H14BrNO. The van der Waals surface area contributed by atoms with E-state index < -0.39 is 0 Å². The molecule has 0 aliphatic heterocycles. The molecule has 2 nitrogen and oxygen atoms in total. The first kappa shape index (κ1) is 11.3. The summed E-state index contributed by atoms with van der Waals surface area (Å²) in [5, 5.41) is 3.43. The van der Waals surface area contributed by atoms with Gasteiger partial charge in [0.15, 0.2) is 0 Å². The minimum Gasteiger partial charge on any atom is -0.466 e. The summed E-state index contributed by atoms with van der Waals surface area (Å²) in [6.07, 6.45) is 1.69. The largest absolute Gasteiger partial charge is 0.466 e. The van der Waals surface area contributed by atoms with E-state index in [-0.39, 0.29) is 6.04 Å². The molecule has 84 valence electrons. The zero-order chi connectivity index (χ0) is 11.5. The van der Waals surface area contributed by atoms with E-state index in [9.17, 15) is 0 Å². The SMILES string of the molecule is Cc1ccccc1NC(C)c1occc1Br. The molecule has 0 aliphatic carbocycles. The van der Waals surface area contributed by atoms with Gasteiger partial charge in [-0.3, -0.25) is 0 Å². The molecule has 0 fully saturated rings. The lowest BCUT2D eigenvalue weighted by molar-refractivity contribution is 0.488. The van der Waals surface area contributed by atoms with Gasteiger partial charge in [0.05, 0.1) is 16.8 Å². The predicted molar refractivity (Wildman–Crippen MR) is 69.6 cm³/mol. The van der Waals surface area contributed by atoms with Gasteiger partial charge in [-0.1, -0.05) is 18.2 Å². The average Bonchev–Trinajstić information content (AvgIpc) is 2.68. The Morgan fingerprint density at radius 3 is 2.62 bits per heavy atom. The maximum atomic E-state index is 5.43. The highest BCUT2D eigenvalue weighted by Crippen LogP contribution is 2.28. The second-order valence-corrected chi connectivity index (χ2v) is 4.67. The van der Waals surface area contributed by atoms with Crippen LogP contribution in [0.15, 0.2) is 45.5 Å². The first-order valence-corrected chi connectivity index (χ1v) is 6.03. The summed E-state index contributed by atoms with van der Waals surface area (Å²) in [7, 11) is 0. The van der Waals surface area contributed by atoms with Crippen LogP contribution >= 0.6 is 15.9 Å². The van der Waals surface area contributed by atoms with E-state index in [0.717, 1.165) is 15.9 Å². The second-order valence-electron chi connectivity index (χ2n) is 3.81. The number of anilines is 1. The third-order valence-electron chi connectivity index (χ3n) is 2.56. The molecule has 0 spiro atoms. The molecule has 0 radical (unpaired) electrons. The van der Waals surface area contributed by atoms with Crippen LogP contribution in [0.25, 0.3) is 0 Å². The molecule has 0 aliphatic rings. The fourth-order valence-corrected chi connectivity index (χ4v) is 2.19. The third-order valence-corrected chi connectivity index (χ3v) is 3.21. The first-order chi connectivity index (χ1) is 7.68. The van der Waals surface area contributed by atoms with E-state index in [2.05, 4.69) is 47.2 Å². The van der Waals surface area contributed by atoms with Crippen molar-refractivity contribution in [1.29, 1.82) is 0 Å². The van der Waals surface area contributed by atoms with Gasteiger partial charge in [-0.15, -0.1) is 0 Å². The van der Waals surface area contributed by atoms with E-state index in [1.807, 2.05) is 18.2 Å². The fraction of sp³-hybridized carbons (Fsp3) is 0.231. The van der Waals surface area contributed by atoms with Crippen molar-refractivity contribution in [3.05, 3.63) is 52.4 Å². The van der Waals surface area contributed by atoms with Gasteiger partial charge < -0.3 is 9.73 Å². The number of aryl methyl sites for hydroxylation is 1. The van der Waals surface area contributed by atoms with E-state index in [1.165, 1.54) is 5.56 Å². The number of halogens is 1. The van der Waals surface area contributed by atoms with Crippen LogP contribution in [-0.2, 0) is 0 Å². The highest BCUT2D eigenvalue weighted by Gasteiger charge is 2.12. The number of furan rings is 1. The lowest BCUT2D eigenvalue weighted by atomic mass is 10.1. The van der Waals surface area contributed by atoms with Crippen molar-refractivity contribution in [2.45, 2.75) is 19.9 Å². The second kappa shape index (κ2) is 4.74. The molecule has 2 aromatic rings. The molecule has 1 aromatic carbocycles. The summed E-state index contributed by atoms with van der Waals surface area (Å²) < 4.78 is 6.43. The molecule has 1 aromatic heterocycles. The summed E-state index contributed by atoms with van der Waals surface area (Å²) >= 11 is 3.47. The van der Waals surface area contributed by atoms with Gasteiger partial charge in [-0.2, -0.15) is 0 Å². The Morgan fingerprint density at radius 2 is 2.00 bits per heavy atom. The number of rotatable bonds is 3. The normalized spacial score (nSPS) is 12.4. The Hall–Kier alpha value is -1.22. The number of hydrogen-bond donors (Lipinski definition) is 1. The van der Waals surface area contributed by atoms with Crippen LogP contribution < -0.4 is 5.32 Å². The minimum absolute atomic E-state index is 0.144. The highest BCUT2D eigenvalue weighted by atomic mass is 79.9. The zero-order valence-corrected chi connectivity index (χ0v) is 10.9. The van der Waals surface area contributed by atoms with Gasteiger partial charge >= 0.3 is 0 Å². The lowest BCUT2D eigenvalue weighted by Gasteiger charge is -2.15. The maximum absolute atomic E-state index is 5.43. The lowest BCUT2D eigenvalue weighted by Crippen LogP contribution is -2.07. The van der Waals surface area contributed by atoms with Crippen molar-refractivity contribution in [2.24, 2.45) is 0 Å². The van der Waals surface area contributed by atoms with E-state index in [1.54, 1.807) is 6.26 Å². The topological polar surface area (TPSA) is 25.2 Å². The summed E-state index contributed by atoms with van der Waals surface area (Å²) in [4.78, 5) is 0. The standard InChI is InChI=1S/C13H14BrNO/c1-9-5-3-4-6-12(9)15-10(2)13-11(14)7-8-16-13/h3-8,10,15H,1-2H3. The Labute approximate surface area is 104 Å². The smallest absolute Gasteiger partial charge is 0.139 e. The van der Waals surface area contributed by atoms with Crippen LogP contribution in [0.1, 0.15) is 24.3 Å². The van der Waals surface area contributed by atoms with Crippen molar-refractivity contribution in [3.63, 3.8) is 0 Å². The summed E-state index contributed by atoms with van der Waals surface area (Å²) in [6.45, 7) is 4.17. The van der Waals surface area contributed by atoms with Crippen molar-refractivity contribution in [1.82, 2.24) is 0 Å². The summed E-state index contributed by atoms with van der Waals surface area (Å²) in [5.41, 5.74) is 2.37. The predicted octanol–water partition coefficient (Wildman–Crippen LogP) is 4.52. The molecule has 1 atom stereocenters. The molecule has 1 heterocycles. The van der Waals surface area contributed by atoms with Crippen molar-refractivity contribution in [2.75, 3.05) is 5.32 Å². The molecule has 0 amide bonds. The van der Waals surface area contributed by atoms with Crippen molar-refractivity contribution in [3.8, 4) is 0 Å². The molecule has 2 rings (SSSR count). The van der Waals surface area contributed by atoms with Gasteiger partial charge in [-0.05, 0) is 47.5 Å². The van der Waals surface area contributed by atoms with Gasteiger partial charge in [0.25, 0.3) is 0 Å². The van der Waals surface area contributed by atoms with Crippen LogP contribution in [0.4, 0.5) is 5.69 Å². The van der Waals surface area contributed by atoms with Gasteiger partial charge in [-0.25, -0.2) is 0 Å². The Morgan fingerprint density at radius 1 is 1.25 bits per heavy atom. The Bertz CT molecular complexity index is 478. The molecule has 0 saturated heterocycles. The quantitative estimate of drug-likeness (QED) is 0.894. The maximum Gasteiger partial charge on any atom is 0.139 e. The molecular weight excluding hydrogens is 266 g/mol. The van der Waals surface area contributed by atoms with Crippen molar-refractivity contribution >= 4 is 21.6 Å². The van der Waals surface area contributed by atoms with Crippen LogP contribution in [0.2, 0.25) is 0 Å².